The van der Waals surface area contributed by atoms with Crippen molar-refractivity contribution in [3.63, 3.8) is 0 Å². The molecule has 0 saturated carbocycles. The smallest absolute Gasteiger partial charge is 0.0644 e. The lowest BCUT2D eigenvalue weighted by molar-refractivity contribution is 0.660. The van der Waals surface area contributed by atoms with E-state index in [1.165, 1.54) is 88.8 Å². The molecule has 0 atom stereocenters. The first-order valence-electron chi connectivity index (χ1n) is 21.1. The third-order valence-corrected chi connectivity index (χ3v) is 12.8. The molecule has 0 spiro atoms. The zero-order valence-corrected chi connectivity index (χ0v) is 34.2. The molecule has 0 bridgehead atoms. The monoisotopic (exact) mass is 771 g/mol. The standard InChI is InChI=1S/C57H45N3/c1-57(2)51-22-12-10-20-46(51)49-37-44(27-28-52(49)57)59(3)54-29-25-40(35-48(54)39-18-8-5-9-19-39)41-26-30-56-50(36-41)47-21-11-13-24-55(47)60(56)45-33-42(38-16-6-4-7-17-38)32-43(34-45)53-23-14-15-31-58-53/h4-14,16-30,32-37H,15,31H2,1-3H3. The number of fused-ring (bicyclic) bond motifs is 6. The van der Waals surface area contributed by atoms with Gasteiger partial charge in [0.25, 0.3) is 0 Å². The summed E-state index contributed by atoms with van der Waals surface area (Å²) in [5.41, 5.74) is 20.6. The van der Waals surface area contributed by atoms with Crippen molar-refractivity contribution in [3.05, 3.63) is 211 Å². The fourth-order valence-electron chi connectivity index (χ4n) is 9.72. The van der Waals surface area contributed by atoms with Gasteiger partial charge in [-0.3, -0.25) is 4.99 Å². The summed E-state index contributed by atoms with van der Waals surface area (Å²) in [5, 5.41) is 2.46. The van der Waals surface area contributed by atoms with Gasteiger partial charge in [0.2, 0.25) is 0 Å². The number of aromatic nitrogens is 1. The van der Waals surface area contributed by atoms with E-state index < -0.39 is 0 Å². The van der Waals surface area contributed by atoms with E-state index in [4.69, 9.17) is 4.99 Å². The summed E-state index contributed by atoms with van der Waals surface area (Å²) in [6.07, 6.45) is 5.40. The van der Waals surface area contributed by atoms with Crippen LogP contribution >= 0.6 is 0 Å². The highest BCUT2D eigenvalue weighted by Gasteiger charge is 2.35. The molecule has 0 saturated heterocycles. The van der Waals surface area contributed by atoms with Crippen LogP contribution in [-0.2, 0) is 5.41 Å². The summed E-state index contributed by atoms with van der Waals surface area (Å²) in [7, 11) is 2.20. The van der Waals surface area contributed by atoms with Gasteiger partial charge < -0.3 is 9.47 Å². The van der Waals surface area contributed by atoms with Crippen LogP contribution in [0, 0.1) is 0 Å². The summed E-state index contributed by atoms with van der Waals surface area (Å²) in [4.78, 5) is 7.29. The van der Waals surface area contributed by atoms with Gasteiger partial charge in [0, 0.05) is 58.0 Å². The molecule has 0 N–H and O–H groups in total. The van der Waals surface area contributed by atoms with Gasteiger partial charge in [-0.15, -0.1) is 0 Å². The molecule has 60 heavy (non-hydrogen) atoms. The number of rotatable bonds is 7. The molecule has 8 aromatic carbocycles. The van der Waals surface area contributed by atoms with E-state index in [1.54, 1.807) is 0 Å². The largest absolute Gasteiger partial charge is 0.344 e. The van der Waals surface area contributed by atoms with Crippen molar-refractivity contribution in [1.82, 2.24) is 4.57 Å². The zero-order valence-electron chi connectivity index (χ0n) is 34.2. The van der Waals surface area contributed by atoms with E-state index in [-0.39, 0.29) is 5.41 Å². The lowest BCUT2D eigenvalue weighted by atomic mass is 9.82. The summed E-state index contributed by atoms with van der Waals surface area (Å²) < 4.78 is 2.43. The third kappa shape index (κ3) is 5.92. The molecule has 0 fully saturated rings. The minimum atomic E-state index is -0.0236. The van der Waals surface area contributed by atoms with Gasteiger partial charge >= 0.3 is 0 Å². The number of para-hydroxylation sites is 1. The Morgan fingerprint density at radius 2 is 1.18 bits per heavy atom. The van der Waals surface area contributed by atoms with Crippen molar-refractivity contribution in [3.8, 4) is 50.2 Å². The van der Waals surface area contributed by atoms with Gasteiger partial charge in [0.1, 0.15) is 0 Å². The Morgan fingerprint density at radius 3 is 2.00 bits per heavy atom. The average molecular weight is 772 g/mol. The number of aliphatic imine (C=N–C) groups is 1. The number of dihydropyridines is 1. The van der Waals surface area contributed by atoms with Crippen molar-refractivity contribution in [2.24, 2.45) is 4.99 Å². The van der Waals surface area contributed by atoms with Crippen LogP contribution < -0.4 is 4.90 Å². The molecule has 2 heterocycles. The molecule has 2 aliphatic rings. The summed E-state index contributed by atoms with van der Waals surface area (Å²) in [6, 6.07) is 67.1. The van der Waals surface area contributed by atoms with Gasteiger partial charge in [-0.25, -0.2) is 0 Å². The second-order valence-electron chi connectivity index (χ2n) is 16.7. The first-order chi connectivity index (χ1) is 29.4. The highest BCUT2D eigenvalue weighted by molar-refractivity contribution is 6.12. The van der Waals surface area contributed by atoms with Crippen molar-refractivity contribution < 1.29 is 0 Å². The predicted molar refractivity (Wildman–Crippen MR) is 254 cm³/mol. The van der Waals surface area contributed by atoms with Crippen LogP contribution in [0.25, 0.3) is 72.0 Å². The highest BCUT2D eigenvalue weighted by Crippen LogP contribution is 2.50. The van der Waals surface area contributed by atoms with Gasteiger partial charge in [0.05, 0.1) is 16.7 Å². The molecule has 1 aliphatic carbocycles. The van der Waals surface area contributed by atoms with Crippen LogP contribution in [-0.4, -0.2) is 23.9 Å². The molecule has 0 amide bonds. The third-order valence-electron chi connectivity index (χ3n) is 12.8. The maximum atomic E-state index is 4.93. The lowest BCUT2D eigenvalue weighted by Gasteiger charge is -2.26. The van der Waals surface area contributed by atoms with E-state index in [2.05, 4.69) is 225 Å². The van der Waals surface area contributed by atoms with Gasteiger partial charge in [-0.1, -0.05) is 141 Å². The minimum Gasteiger partial charge on any atom is -0.344 e. The highest BCUT2D eigenvalue weighted by atomic mass is 15.1. The number of hydrogen-bond acceptors (Lipinski definition) is 2. The second-order valence-corrected chi connectivity index (χ2v) is 16.7. The van der Waals surface area contributed by atoms with E-state index in [9.17, 15) is 0 Å². The summed E-state index contributed by atoms with van der Waals surface area (Å²) in [5.74, 6) is 0. The number of hydrogen-bond donors (Lipinski definition) is 0. The fraction of sp³-hybridized carbons (Fsp3) is 0.105. The molecule has 9 aromatic rings. The van der Waals surface area contributed by atoms with Crippen LogP contribution in [0.4, 0.5) is 11.4 Å². The molecular weight excluding hydrogens is 727 g/mol. The van der Waals surface area contributed by atoms with E-state index in [0.717, 1.165) is 29.9 Å². The first kappa shape index (κ1) is 35.9. The van der Waals surface area contributed by atoms with Crippen LogP contribution in [0.3, 0.4) is 0 Å². The van der Waals surface area contributed by atoms with Gasteiger partial charge in [0.15, 0.2) is 0 Å². The van der Waals surface area contributed by atoms with Crippen LogP contribution in [0.2, 0.25) is 0 Å². The minimum absolute atomic E-state index is 0.0236. The Labute approximate surface area is 352 Å². The molecule has 3 nitrogen and oxygen atoms in total. The lowest BCUT2D eigenvalue weighted by Crippen LogP contribution is -2.15. The Bertz CT molecular complexity index is 3180. The normalized spacial score (nSPS) is 13.9. The topological polar surface area (TPSA) is 20.5 Å². The Kier molecular flexibility index (Phi) is 8.53. The molecule has 1 aromatic heterocycles. The fourth-order valence-corrected chi connectivity index (χ4v) is 9.72. The molecule has 0 radical (unpaired) electrons. The van der Waals surface area contributed by atoms with Crippen LogP contribution in [0.5, 0.6) is 0 Å². The average Bonchev–Trinajstić information content (AvgIpc) is 3.77. The SMILES string of the molecule is CN(c1ccc2c(c1)-c1ccccc1C2(C)C)c1ccc(-c2ccc3c(c2)c2ccccc2n3-c2cc(C3=NCCC=C3)cc(-c3ccccc3)c2)cc1-c1ccccc1. The summed E-state index contributed by atoms with van der Waals surface area (Å²) in [6.45, 7) is 5.50. The number of benzene rings is 8. The molecule has 0 unspecified atom stereocenters. The van der Waals surface area contributed by atoms with Crippen LogP contribution in [0.1, 0.15) is 37.0 Å². The van der Waals surface area contributed by atoms with E-state index in [0.29, 0.717) is 0 Å². The second kappa shape index (κ2) is 14.2. The van der Waals surface area contributed by atoms with Crippen molar-refractivity contribution in [1.29, 1.82) is 0 Å². The number of allylic oxidation sites excluding steroid dienone is 1. The Morgan fingerprint density at radius 1 is 0.500 bits per heavy atom. The molecule has 11 rings (SSSR count). The summed E-state index contributed by atoms with van der Waals surface area (Å²) >= 11 is 0. The number of nitrogens with zero attached hydrogens (tertiary/aromatic N) is 3. The predicted octanol–water partition coefficient (Wildman–Crippen LogP) is 14.6. The number of anilines is 2. The van der Waals surface area contributed by atoms with Crippen molar-refractivity contribution in [2.45, 2.75) is 25.7 Å². The van der Waals surface area contributed by atoms with Gasteiger partial charge in [-0.05, 0) is 123 Å². The maximum Gasteiger partial charge on any atom is 0.0644 e. The molecular formula is C57H45N3. The molecule has 3 heteroatoms. The zero-order chi connectivity index (χ0) is 40.4. The molecule has 1 aliphatic heterocycles. The Hall–Kier alpha value is -7.23. The van der Waals surface area contributed by atoms with E-state index >= 15 is 0 Å². The molecule has 288 valence electrons. The maximum absolute atomic E-state index is 4.93. The van der Waals surface area contributed by atoms with Gasteiger partial charge in [-0.2, -0.15) is 0 Å². The van der Waals surface area contributed by atoms with Crippen molar-refractivity contribution in [2.75, 3.05) is 18.5 Å². The van der Waals surface area contributed by atoms with Crippen molar-refractivity contribution >= 4 is 38.9 Å². The first-order valence-corrected chi connectivity index (χ1v) is 21.1. The Balaban J connectivity index is 1.04. The quantitative estimate of drug-likeness (QED) is 0.158. The van der Waals surface area contributed by atoms with Crippen LogP contribution in [0.15, 0.2) is 199 Å². The van der Waals surface area contributed by atoms with E-state index in [1.807, 2.05) is 0 Å².